The van der Waals surface area contributed by atoms with Crippen LogP contribution in [0.4, 0.5) is 5.69 Å². The molecule has 6 rings (SSSR count). The molecule has 0 saturated heterocycles. The van der Waals surface area contributed by atoms with Gasteiger partial charge in [0, 0.05) is 41.0 Å². The van der Waals surface area contributed by atoms with E-state index in [1.54, 1.807) is 7.11 Å². The van der Waals surface area contributed by atoms with Crippen molar-refractivity contribution in [2.75, 3.05) is 12.4 Å². The Morgan fingerprint density at radius 1 is 0.947 bits per heavy atom. The van der Waals surface area contributed by atoms with Crippen molar-refractivity contribution in [1.29, 1.82) is 5.41 Å². The Morgan fingerprint density at radius 3 is 2.50 bits per heavy atom. The van der Waals surface area contributed by atoms with Gasteiger partial charge in [0.05, 0.1) is 24.7 Å². The zero-order chi connectivity index (χ0) is 26.2. The summed E-state index contributed by atoms with van der Waals surface area (Å²) in [7, 11) is 1.62. The maximum Gasteiger partial charge on any atom is 0.221 e. The fourth-order valence-electron chi connectivity index (χ4n) is 5.09. The van der Waals surface area contributed by atoms with Gasteiger partial charge in [-0.05, 0) is 65.7 Å². The lowest BCUT2D eigenvalue weighted by molar-refractivity contribution is -0.114. The molecule has 2 heterocycles. The first-order chi connectivity index (χ1) is 18.5. The lowest BCUT2D eigenvalue weighted by Crippen LogP contribution is -2.24. The van der Waals surface area contributed by atoms with Crippen LogP contribution in [0.1, 0.15) is 12.5 Å². The van der Waals surface area contributed by atoms with E-state index in [0.717, 1.165) is 50.0 Å². The van der Waals surface area contributed by atoms with Gasteiger partial charge in [-0.25, -0.2) is 0 Å². The van der Waals surface area contributed by atoms with E-state index >= 15 is 0 Å². The van der Waals surface area contributed by atoms with E-state index in [1.165, 1.54) is 6.92 Å². The summed E-state index contributed by atoms with van der Waals surface area (Å²) in [5, 5.41) is 13.2. The molecule has 0 unspecified atom stereocenters. The van der Waals surface area contributed by atoms with Gasteiger partial charge in [0.2, 0.25) is 11.5 Å². The van der Waals surface area contributed by atoms with E-state index in [1.807, 2.05) is 82.1 Å². The van der Waals surface area contributed by atoms with Crippen molar-refractivity contribution >= 4 is 33.5 Å². The van der Waals surface area contributed by atoms with E-state index in [0.29, 0.717) is 17.9 Å². The van der Waals surface area contributed by atoms with Gasteiger partial charge in [0.25, 0.3) is 0 Å². The molecule has 0 bridgehead atoms. The summed E-state index contributed by atoms with van der Waals surface area (Å²) in [5.41, 5.74) is 8.01. The van der Waals surface area contributed by atoms with E-state index in [4.69, 9.17) is 10.1 Å². The molecule has 0 atom stereocenters. The maximum atomic E-state index is 11.8. The number of aromatic nitrogens is 3. The Bertz CT molecular complexity index is 1860. The van der Waals surface area contributed by atoms with Gasteiger partial charge in [-0.3, -0.25) is 14.8 Å². The van der Waals surface area contributed by atoms with Crippen molar-refractivity contribution in [2.45, 2.75) is 13.5 Å². The van der Waals surface area contributed by atoms with Crippen LogP contribution in [0.25, 0.3) is 38.8 Å². The number of nitrogens with one attached hydrogen (secondary N) is 3. The van der Waals surface area contributed by atoms with Crippen LogP contribution < -0.4 is 15.7 Å². The number of carbonyl (C=O) groups is 1. The van der Waals surface area contributed by atoms with Crippen LogP contribution in [0.3, 0.4) is 0 Å². The van der Waals surface area contributed by atoms with E-state index in [9.17, 15) is 4.79 Å². The molecule has 38 heavy (non-hydrogen) atoms. The van der Waals surface area contributed by atoms with Gasteiger partial charge in [-0.2, -0.15) is 0 Å². The average Bonchev–Trinajstić information content (AvgIpc) is 3.52. The van der Waals surface area contributed by atoms with Crippen molar-refractivity contribution in [3.05, 3.63) is 108 Å². The molecule has 4 aromatic carbocycles. The largest absolute Gasteiger partial charge is 0.497 e. The van der Waals surface area contributed by atoms with E-state index < -0.39 is 0 Å². The van der Waals surface area contributed by atoms with Gasteiger partial charge in [-0.1, -0.05) is 36.4 Å². The number of para-hydroxylation sites is 2. The Hall–Kier alpha value is -5.04. The number of fused-ring (bicyclic) bond motifs is 2. The van der Waals surface area contributed by atoms with Crippen LogP contribution in [-0.4, -0.2) is 27.1 Å². The highest BCUT2D eigenvalue weighted by Crippen LogP contribution is 2.33. The quantitative estimate of drug-likeness (QED) is 0.258. The summed E-state index contributed by atoms with van der Waals surface area (Å²) in [6.07, 6.45) is 1.95. The molecule has 6 aromatic rings. The summed E-state index contributed by atoms with van der Waals surface area (Å²) in [6, 6.07) is 30.0. The molecule has 0 saturated carbocycles. The Balaban J connectivity index is 1.44. The Kier molecular flexibility index (Phi) is 5.81. The van der Waals surface area contributed by atoms with Crippen molar-refractivity contribution in [3.8, 4) is 22.6 Å². The van der Waals surface area contributed by atoms with Crippen LogP contribution >= 0.6 is 0 Å². The van der Waals surface area contributed by atoms with Gasteiger partial charge >= 0.3 is 0 Å². The highest BCUT2D eigenvalue weighted by atomic mass is 16.5. The predicted molar refractivity (Wildman–Crippen MR) is 151 cm³/mol. The molecule has 3 N–H and O–H groups in total. The molecule has 188 valence electrons. The molecule has 0 aliphatic carbocycles. The molecule has 0 fully saturated rings. The number of benzene rings is 4. The molecular weight excluding hydrogens is 474 g/mol. The minimum absolute atomic E-state index is 0.134. The number of anilines is 1. The summed E-state index contributed by atoms with van der Waals surface area (Å²) >= 11 is 0. The molecule has 0 aliphatic rings. The van der Waals surface area contributed by atoms with Crippen LogP contribution in [0.2, 0.25) is 0 Å². The molecule has 7 nitrogen and oxygen atoms in total. The lowest BCUT2D eigenvalue weighted by atomic mass is 10.0. The fourth-order valence-corrected chi connectivity index (χ4v) is 5.09. The smallest absolute Gasteiger partial charge is 0.221 e. The van der Waals surface area contributed by atoms with Crippen LogP contribution in [0.5, 0.6) is 5.75 Å². The highest BCUT2D eigenvalue weighted by Gasteiger charge is 2.15. The molecule has 7 heteroatoms. The topological polar surface area (TPSA) is 87.8 Å². The first kappa shape index (κ1) is 23.4. The normalized spacial score (nSPS) is 11.2. The third kappa shape index (κ3) is 4.04. The second-order valence-corrected chi connectivity index (χ2v) is 9.23. The Labute approximate surface area is 219 Å². The summed E-state index contributed by atoms with van der Waals surface area (Å²) in [4.78, 5) is 15.0. The van der Waals surface area contributed by atoms with Gasteiger partial charge in [0.15, 0.2) is 0 Å². The SMILES string of the molecule is COc1ccc(NC(C)=O)c(-c2ccc(-n3c(=N)n(Cc4cccc5[nH]ccc45)c4ccccc43)cc2)c1. The number of methoxy groups -OCH3 is 1. The van der Waals surface area contributed by atoms with Crippen molar-refractivity contribution in [3.63, 3.8) is 0 Å². The van der Waals surface area contributed by atoms with Crippen LogP contribution in [0, 0.1) is 5.41 Å². The van der Waals surface area contributed by atoms with Crippen molar-refractivity contribution in [2.24, 2.45) is 0 Å². The molecule has 0 radical (unpaired) electrons. The average molecular weight is 502 g/mol. The summed E-state index contributed by atoms with van der Waals surface area (Å²) in [6.45, 7) is 2.08. The zero-order valence-electron chi connectivity index (χ0n) is 21.2. The van der Waals surface area contributed by atoms with Gasteiger partial charge in [-0.15, -0.1) is 0 Å². The van der Waals surface area contributed by atoms with Crippen LogP contribution in [0.15, 0.2) is 97.2 Å². The number of hydrogen-bond acceptors (Lipinski definition) is 3. The maximum absolute atomic E-state index is 11.8. The number of ether oxygens (including phenoxy) is 1. The lowest BCUT2D eigenvalue weighted by Gasteiger charge is -2.13. The molecule has 0 aliphatic heterocycles. The van der Waals surface area contributed by atoms with Crippen molar-refractivity contribution < 1.29 is 9.53 Å². The number of nitrogens with zero attached hydrogens (tertiary/aromatic N) is 2. The molecule has 0 spiro atoms. The van der Waals surface area contributed by atoms with E-state index in [-0.39, 0.29) is 5.91 Å². The summed E-state index contributed by atoms with van der Waals surface area (Å²) < 4.78 is 9.43. The Morgan fingerprint density at radius 2 is 1.74 bits per heavy atom. The zero-order valence-corrected chi connectivity index (χ0v) is 21.2. The standard InChI is InChI=1S/C31H27N5O2/c1-20(37)34-28-15-14-24(38-2)18-26(28)21-10-12-23(13-11-21)36-30-9-4-3-8-29(30)35(31(36)32)19-22-6-5-7-27-25(22)16-17-33-27/h3-18,32-33H,19H2,1-2H3,(H,34,37). The monoisotopic (exact) mass is 501 g/mol. The number of hydrogen-bond donors (Lipinski definition) is 3. The first-order valence-corrected chi connectivity index (χ1v) is 12.4. The number of rotatable bonds is 6. The molecular formula is C31H27N5O2. The third-order valence-corrected chi connectivity index (χ3v) is 6.87. The summed E-state index contributed by atoms with van der Waals surface area (Å²) in [5.74, 6) is 0.576. The first-order valence-electron chi connectivity index (χ1n) is 12.4. The molecule has 2 aromatic heterocycles. The van der Waals surface area contributed by atoms with Gasteiger partial charge < -0.3 is 19.6 Å². The predicted octanol–water partition coefficient (Wildman–Crippen LogP) is 6.08. The molecule has 1 amide bonds. The number of H-pyrrole nitrogens is 1. The van der Waals surface area contributed by atoms with Crippen molar-refractivity contribution in [1.82, 2.24) is 14.1 Å². The third-order valence-electron chi connectivity index (χ3n) is 6.87. The second-order valence-electron chi connectivity index (χ2n) is 9.23. The minimum Gasteiger partial charge on any atom is -0.497 e. The highest BCUT2D eigenvalue weighted by molar-refractivity contribution is 5.94. The van der Waals surface area contributed by atoms with Crippen LogP contribution in [-0.2, 0) is 11.3 Å². The second kappa shape index (κ2) is 9.44. The van der Waals surface area contributed by atoms with E-state index in [2.05, 4.69) is 34.6 Å². The number of amides is 1. The number of imidazole rings is 1. The number of aromatic amines is 1. The fraction of sp³-hybridized carbons (Fsp3) is 0.0968. The van der Waals surface area contributed by atoms with Gasteiger partial charge in [0.1, 0.15) is 5.75 Å². The minimum atomic E-state index is -0.134. The number of carbonyl (C=O) groups excluding carboxylic acids is 1.